The van der Waals surface area contributed by atoms with Gasteiger partial charge in [0.15, 0.2) is 17.4 Å². The van der Waals surface area contributed by atoms with Gasteiger partial charge in [-0.2, -0.15) is 0 Å². The number of barbiturate groups is 1. The number of imide groups is 2. The lowest BCUT2D eigenvalue weighted by Crippen LogP contribution is -2.60. The number of anilines is 1. The van der Waals surface area contributed by atoms with Crippen molar-refractivity contribution in [1.82, 2.24) is 5.32 Å². The summed E-state index contributed by atoms with van der Waals surface area (Å²) in [6.45, 7) is 2.01. The minimum absolute atomic E-state index is 0.173. The zero-order chi connectivity index (χ0) is 20.5. The maximum absolute atomic E-state index is 12.9. The van der Waals surface area contributed by atoms with Gasteiger partial charge >= 0.3 is 6.03 Å². The third kappa shape index (κ3) is 3.66. The first-order chi connectivity index (χ1) is 13.9. The van der Waals surface area contributed by atoms with Crippen LogP contribution in [-0.4, -0.2) is 30.4 Å². The van der Waals surface area contributed by atoms with E-state index in [1.54, 1.807) is 31.2 Å². The van der Waals surface area contributed by atoms with Crippen molar-refractivity contribution >= 4 is 40.8 Å². The van der Waals surface area contributed by atoms with Crippen LogP contribution in [0.2, 0.25) is 5.02 Å². The van der Waals surface area contributed by atoms with Gasteiger partial charge in [0.1, 0.15) is 0 Å². The van der Waals surface area contributed by atoms with Gasteiger partial charge < -0.3 is 9.47 Å². The van der Waals surface area contributed by atoms with Gasteiger partial charge in [-0.3, -0.25) is 19.9 Å². The number of nitrogens with zero attached hydrogens (tertiary/aromatic N) is 2. The summed E-state index contributed by atoms with van der Waals surface area (Å²) in [6, 6.07) is 10.8. The van der Waals surface area contributed by atoms with E-state index in [0.717, 1.165) is 10.5 Å². The van der Waals surface area contributed by atoms with E-state index in [9.17, 15) is 14.4 Å². The lowest BCUT2D eigenvalue weighted by atomic mass is 9.99. The number of halogens is 1. The minimum Gasteiger partial charge on any atom is -0.454 e. The smallest absolute Gasteiger partial charge is 0.335 e. The van der Waals surface area contributed by atoms with Crippen molar-refractivity contribution in [1.29, 1.82) is 0 Å². The van der Waals surface area contributed by atoms with Gasteiger partial charge in [0.25, 0.3) is 5.91 Å². The van der Waals surface area contributed by atoms with Gasteiger partial charge in [-0.05, 0) is 48.9 Å². The molecule has 0 aromatic heterocycles. The number of nitrogens with one attached hydrogen (secondary N) is 1. The highest BCUT2D eigenvalue weighted by Crippen LogP contribution is 2.32. The normalized spacial score (nSPS) is 18.8. The Hall–Kier alpha value is -3.39. The number of ether oxygens (including phenoxy) is 2. The molecule has 8 nitrogen and oxygen atoms in total. The summed E-state index contributed by atoms with van der Waals surface area (Å²) < 4.78 is 10.6. The molecule has 29 heavy (non-hydrogen) atoms. The summed E-state index contributed by atoms with van der Waals surface area (Å²) in [5.74, 6) is -1.27. The number of hydrogen-bond donors (Lipinski definition) is 1. The number of benzene rings is 2. The summed E-state index contributed by atoms with van der Waals surface area (Å²) >= 11 is 5.87. The van der Waals surface area contributed by atoms with Crippen molar-refractivity contribution in [3.8, 4) is 11.5 Å². The number of aliphatic imine (C=N–C) groups is 1. The number of hydrogen-bond acceptors (Lipinski definition) is 6. The Bertz CT molecular complexity index is 1030. The standard InChI is InChI=1S/C20H16ClN3O5/c1-11(22-9-12-2-7-15-16(8-12)29-10-28-15)17-18(25)23-20(27)24(19(17)26)14-5-3-13(21)4-6-14/h2-8,17H,9-10H2,1H3,(H,23,25,27). The van der Waals surface area contributed by atoms with Gasteiger partial charge in [-0.15, -0.1) is 0 Å². The van der Waals surface area contributed by atoms with Gasteiger partial charge in [-0.1, -0.05) is 17.7 Å². The highest BCUT2D eigenvalue weighted by molar-refractivity contribution is 6.35. The molecule has 0 spiro atoms. The zero-order valence-electron chi connectivity index (χ0n) is 15.3. The molecule has 2 aliphatic rings. The number of urea groups is 1. The highest BCUT2D eigenvalue weighted by atomic mass is 35.5. The van der Waals surface area contributed by atoms with E-state index < -0.39 is 23.8 Å². The van der Waals surface area contributed by atoms with E-state index in [1.807, 2.05) is 6.07 Å². The molecule has 148 valence electrons. The maximum atomic E-state index is 12.9. The topological polar surface area (TPSA) is 97.3 Å². The number of rotatable bonds is 4. The molecule has 1 fully saturated rings. The van der Waals surface area contributed by atoms with Crippen molar-refractivity contribution in [3.63, 3.8) is 0 Å². The van der Waals surface area contributed by atoms with Crippen molar-refractivity contribution in [2.24, 2.45) is 10.9 Å². The van der Waals surface area contributed by atoms with Crippen LogP contribution in [0.1, 0.15) is 12.5 Å². The molecule has 4 rings (SSSR count). The highest BCUT2D eigenvalue weighted by Gasteiger charge is 2.42. The molecular weight excluding hydrogens is 398 g/mol. The Kier molecular flexibility index (Phi) is 4.94. The average molecular weight is 414 g/mol. The fourth-order valence-electron chi connectivity index (χ4n) is 3.12. The third-order valence-corrected chi connectivity index (χ3v) is 4.87. The van der Waals surface area contributed by atoms with Crippen molar-refractivity contribution in [2.75, 3.05) is 11.7 Å². The lowest BCUT2D eigenvalue weighted by Gasteiger charge is -2.30. The van der Waals surface area contributed by atoms with E-state index in [1.165, 1.54) is 12.1 Å². The summed E-state index contributed by atoms with van der Waals surface area (Å²) in [4.78, 5) is 42.8. The first kappa shape index (κ1) is 18.9. The summed E-state index contributed by atoms with van der Waals surface area (Å²) in [6.07, 6.45) is 0. The van der Waals surface area contributed by atoms with Crippen LogP contribution in [0.3, 0.4) is 0 Å². The van der Waals surface area contributed by atoms with E-state index in [-0.39, 0.29) is 13.3 Å². The van der Waals surface area contributed by atoms with E-state index in [2.05, 4.69) is 10.3 Å². The molecule has 2 heterocycles. The van der Waals surface area contributed by atoms with Crippen LogP contribution in [0.5, 0.6) is 11.5 Å². The number of carbonyl (C=O) groups is 3. The molecule has 9 heteroatoms. The van der Waals surface area contributed by atoms with Crippen LogP contribution in [0.4, 0.5) is 10.5 Å². The van der Waals surface area contributed by atoms with Gasteiger partial charge in [0.2, 0.25) is 12.7 Å². The molecule has 1 atom stereocenters. The molecule has 2 aromatic rings. The third-order valence-electron chi connectivity index (χ3n) is 4.61. The molecule has 1 unspecified atom stereocenters. The van der Waals surface area contributed by atoms with Crippen LogP contribution >= 0.6 is 11.6 Å². The first-order valence-corrected chi connectivity index (χ1v) is 9.15. The molecule has 0 radical (unpaired) electrons. The van der Waals surface area contributed by atoms with Crippen LogP contribution in [0, 0.1) is 5.92 Å². The monoisotopic (exact) mass is 413 g/mol. The predicted octanol–water partition coefficient (Wildman–Crippen LogP) is 2.93. The second kappa shape index (κ2) is 7.56. The predicted molar refractivity (Wildman–Crippen MR) is 105 cm³/mol. The molecule has 2 aliphatic heterocycles. The fraction of sp³-hybridized carbons (Fsp3) is 0.200. The van der Waals surface area contributed by atoms with Gasteiger partial charge in [0, 0.05) is 10.7 Å². The van der Waals surface area contributed by atoms with Crippen LogP contribution in [0.25, 0.3) is 0 Å². The van der Waals surface area contributed by atoms with Crippen molar-refractivity contribution in [2.45, 2.75) is 13.5 Å². The van der Waals surface area contributed by atoms with E-state index >= 15 is 0 Å². The molecular formula is C20H16ClN3O5. The Labute approximate surface area is 171 Å². The molecule has 4 amide bonds. The van der Waals surface area contributed by atoms with Gasteiger partial charge in [-0.25, -0.2) is 9.69 Å². The molecule has 1 N–H and O–H groups in total. The second-order valence-electron chi connectivity index (χ2n) is 6.52. The van der Waals surface area contributed by atoms with Crippen LogP contribution in [-0.2, 0) is 16.1 Å². The van der Waals surface area contributed by atoms with Crippen molar-refractivity contribution in [3.05, 3.63) is 53.1 Å². The summed E-state index contributed by atoms with van der Waals surface area (Å²) in [5.41, 5.74) is 1.46. The first-order valence-electron chi connectivity index (χ1n) is 8.78. The molecule has 0 aliphatic carbocycles. The van der Waals surface area contributed by atoms with E-state index in [4.69, 9.17) is 21.1 Å². The van der Waals surface area contributed by atoms with Crippen LogP contribution in [0.15, 0.2) is 47.5 Å². The van der Waals surface area contributed by atoms with Gasteiger partial charge in [0.05, 0.1) is 12.2 Å². The Morgan fingerprint density at radius 1 is 1.14 bits per heavy atom. The summed E-state index contributed by atoms with van der Waals surface area (Å²) in [7, 11) is 0. The summed E-state index contributed by atoms with van der Waals surface area (Å²) in [5, 5.41) is 2.68. The molecule has 2 aromatic carbocycles. The van der Waals surface area contributed by atoms with E-state index in [0.29, 0.717) is 27.9 Å². The average Bonchev–Trinajstić information content (AvgIpc) is 3.15. The quantitative estimate of drug-likeness (QED) is 0.614. The lowest BCUT2D eigenvalue weighted by molar-refractivity contribution is -0.131. The fourth-order valence-corrected chi connectivity index (χ4v) is 3.25. The second-order valence-corrected chi connectivity index (χ2v) is 6.96. The Balaban J connectivity index is 1.56. The maximum Gasteiger partial charge on any atom is 0.335 e. The van der Waals surface area contributed by atoms with Crippen molar-refractivity contribution < 1.29 is 23.9 Å². The largest absolute Gasteiger partial charge is 0.454 e. The molecule has 0 bridgehead atoms. The molecule has 1 saturated heterocycles. The molecule has 0 saturated carbocycles. The minimum atomic E-state index is -1.20. The SMILES string of the molecule is CC(=NCc1ccc2c(c1)OCO2)C1C(=O)NC(=O)N(c2ccc(Cl)cc2)C1=O. The number of fused-ring (bicyclic) bond motifs is 1. The number of amides is 4. The zero-order valence-corrected chi connectivity index (χ0v) is 16.1. The Morgan fingerprint density at radius 2 is 1.86 bits per heavy atom. The number of carbonyl (C=O) groups excluding carboxylic acids is 3. The van der Waals surface area contributed by atoms with Crippen LogP contribution < -0.4 is 19.7 Å². The Morgan fingerprint density at radius 3 is 2.62 bits per heavy atom.